The number of nitrogens with zero attached hydrogens (tertiary/aromatic N) is 2. The fourth-order valence-corrected chi connectivity index (χ4v) is 3.15. The van der Waals surface area contributed by atoms with E-state index in [9.17, 15) is 0 Å². The van der Waals surface area contributed by atoms with Crippen molar-refractivity contribution in [3.8, 4) is 0 Å². The van der Waals surface area contributed by atoms with E-state index >= 15 is 0 Å². The zero-order valence-electron chi connectivity index (χ0n) is 12.9. The summed E-state index contributed by atoms with van der Waals surface area (Å²) in [5.41, 5.74) is 4.24. The van der Waals surface area contributed by atoms with Crippen molar-refractivity contribution >= 4 is 64.0 Å². The van der Waals surface area contributed by atoms with Gasteiger partial charge in [-0.05, 0) is 24.3 Å². The van der Waals surface area contributed by atoms with E-state index in [-0.39, 0.29) is 0 Å². The molecular formula is C16H14Cl3CrN4S. The topological polar surface area (TPSA) is 57.4 Å². The Morgan fingerprint density at radius 2 is 1.16 bits per heavy atom. The van der Waals surface area contributed by atoms with Crippen LogP contribution in [0.2, 0.25) is 0 Å². The van der Waals surface area contributed by atoms with Gasteiger partial charge in [-0.3, -0.25) is 0 Å². The van der Waals surface area contributed by atoms with E-state index in [0.29, 0.717) is 0 Å². The molecule has 4 aromatic rings. The first kappa shape index (κ1) is 18.9. The minimum absolute atomic E-state index is 0.853. The molecule has 4 rings (SSSR count). The molecule has 131 valence electrons. The molecule has 0 aliphatic rings. The number of nitrogens with one attached hydrogen (secondary N) is 2. The number of para-hydroxylation sites is 4. The van der Waals surface area contributed by atoms with Crippen molar-refractivity contribution in [2.75, 3.05) is 0 Å². The molecule has 2 aromatic carbocycles. The molecule has 2 aromatic heterocycles. The minimum Gasteiger partial charge on any atom is -0.341 e. The normalized spacial score (nSPS) is 11.0. The average Bonchev–Trinajstić information content (AvgIpc) is 3.16. The Balaban J connectivity index is 0.000000415. The van der Waals surface area contributed by atoms with Crippen LogP contribution in [0.5, 0.6) is 0 Å². The van der Waals surface area contributed by atoms with Crippen molar-refractivity contribution in [2.24, 2.45) is 0 Å². The van der Waals surface area contributed by atoms with Crippen molar-refractivity contribution in [1.29, 1.82) is 0 Å². The van der Waals surface area contributed by atoms with Gasteiger partial charge in [-0.2, -0.15) is 0 Å². The van der Waals surface area contributed by atoms with Gasteiger partial charge in [0.1, 0.15) is 11.6 Å². The number of halogens is 3. The van der Waals surface area contributed by atoms with Crippen LogP contribution in [0.1, 0.15) is 11.6 Å². The Bertz CT molecular complexity index is 814. The maximum Gasteiger partial charge on any atom is 0.117 e. The summed E-state index contributed by atoms with van der Waals surface area (Å²) >= 11 is 0.177. The molecular weight excluding hydrogens is 439 g/mol. The van der Waals surface area contributed by atoms with Crippen LogP contribution in [0.3, 0.4) is 0 Å². The van der Waals surface area contributed by atoms with E-state index in [0.717, 1.165) is 45.2 Å². The Kier molecular flexibility index (Phi) is 6.94. The van der Waals surface area contributed by atoms with Crippen molar-refractivity contribution in [3.05, 3.63) is 60.2 Å². The third kappa shape index (κ3) is 5.55. The number of fused-ring (bicyclic) bond motifs is 2. The molecule has 2 N–H and O–H groups in total. The third-order valence-corrected chi connectivity index (χ3v) is 4.31. The Hall–Kier alpha value is -0.868. The second kappa shape index (κ2) is 9.18. The van der Waals surface area contributed by atoms with Crippen molar-refractivity contribution < 1.29 is 11.4 Å². The number of thioether (sulfide) groups is 1. The van der Waals surface area contributed by atoms with Crippen LogP contribution in [-0.4, -0.2) is 19.9 Å². The van der Waals surface area contributed by atoms with Crippen LogP contribution < -0.4 is 0 Å². The summed E-state index contributed by atoms with van der Waals surface area (Å²) in [6.07, 6.45) is 0. The fourth-order valence-electron chi connectivity index (χ4n) is 2.39. The monoisotopic (exact) mass is 451 g/mol. The largest absolute Gasteiger partial charge is 0.341 e. The standard InChI is InChI=1S/C16H14N4S.3ClH.Cr/c1-2-6-12-11(5-1)17-15(18-12)9-21-10-16-19-13-7-3-4-8-14(13)20-16;;;;/h1-8H,9-10H2,(H,17,18)(H,19,20);3*1H;/q;;;;+3/p-3. The number of aromatic amines is 2. The zero-order valence-corrected chi connectivity index (χ0v) is 17.2. The molecule has 0 fully saturated rings. The van der Waals surface area contributed by atoms with E-state index in [1.165, 1.54) is 0 Å². The molecule has 25 heavy (non-hydrogen) atoms. The molecule has 4 nitrogen and oxygen atoms in total. The molecule has 2 heterocycles. The summed E-state index contributed by atoms with van der Waals surface area (Å²) in [6.45, 7) is 0. The number of rotatable bonds is 4. The van der Waals surface area contributed by atoms with Crippen molar-refractivity contribution in [1.82, 2.24) is 19.9 Å². The summed E-state index contributed by atoms with van der Waals surface area (Å²) in [5, 5.41) is 0. The molecule has 0 radical (unpaired) electrons. The summed E-state index contributed by atoms with van der Waals surface area (Å²) in [5.74, 6) is 3.73. The number of imidazole rings is 2. The first-order valence-electron chi connectivity index (χ1n) is 7.30. The van der Waals surface area contributed by atoms with Crippen LogP contribution in [0, 0.1) is 0 Å². The predicted octanol–water partition coefficient (Wildman–Crippen LogP) is 5.94. The van der Waals surface area contributed by atoms with Crippen LogP contribution >= 0.6 is 41.9 Å². The first-order chi connectivity index (χ1) is 12.1. The molecule has 0 aliphatic heterocycles. The molecule has 0 bridgehead atoms. The van der Waals surface area contributed by atoms with E-state index < -0.39 is 11.4 Å². The molecule has 0 amide bonds. The van der Waals surface area contributed by atoms with Gasteiger partial charge < -0.3 is 9.97 Å². The average molecular weight is 453 g/mol. The SMILES string of the molecule is [Cl][Cr]([Cl])[Cl].c1ccc2[nH]c(CSCc3nc4ccccc4[nH]3)nc2c1. The summed E-state index contributed by atoms with van der Waals surface area (Å²) in [7, 11) is 14.8. The Labute approximate surface area is 166 Å². The second-order valence-corrected chi connectivity index (χ2v) is 12.4. The van der Waals surface area contributed by atoms with Gasteiger partial charge in [-0.1, -0.05) is 24.3 Å². The smallest absolute Gasteiger partial charge is 0.117 e. The summed E-state index contributed by atoms with van der Waals surface area (Å²) in [6, 6.07) is 16.2. The molecule has 0 spiro atoms. The van der Waals surface area contributed by atoms with Gasteiger partial charge in [-0.15, -0.1) is 11.8 Å². The van der Waals surface area contributed by atoms with Crippen LogP contribution in [0.15, 0.2) is 48.5 Å². The number of hydrogen-bond acceptors (Lipinski definition) is 3. The maximum atomic E-state index is 4.93. The van der Waals surface area contributed by atoms with E-state index in [1.807, 2.05) is 36.4 Å². The van der Waals surface area contributed by atoms with Gasteiger partial charge >= 0.3 is 41.5 Å². The van der Waals surface area contributed by atoms with Gasteiger partial charge in [0.25, 0.3) is 0 Å². The number of aromatic nitrogens is 4. The van der Waals surface area contributed by atoms with Gasteiger partial charge in [0, 0.05) is 0 Å². The van der Waals surface area contributed by atoms with E-state index in [1.54, 1.807) is 11.8 Å². The number of hydrogen-bond donors (Lipinski definition) is 2. The second-order valence-electron chi connectivity index (χ2n) is 5.07. The Morgan fingerprint density at radius 3 is 1.56 bits per heavy atom. The molecule has 0 aliphatic carbocycles. The van der Waals surface area contributed by atoms with Crippen molar-refractivity contribution in [2.45, 2.75) is 11.5 Å². The number of benzene rings is 2. The van der Waals surface area contributed by atoms with Crippen molar-refractivity contribution in [3.63, 3.8) is 0 Å². The summed E-state index contributed by atoms with van der Waals surface area (Å²) in [4.78, 5) is 15.9. The molecule has 0 atom stereocenters. The van der Waals surface area contributed by atoms with Gasteiger partial charge in [0.05, 0.1) is 33.6 Å². The van der Waals surface area contributed by atoms with Crippen LogP contribution in [0.4, 0.5) is 0 Å². The molecule has 0 unspecified atom stereocenters. The predicted molar refractivity (Wildman–Crippen MR) is 105 cm³/mol. The maximum absolute atomic E-state index is 4.93. The van der Waals surface area contributed by atoms with Gasteiger partial charge in [-0.25, -0.2) is 9.97 Å². The number of H-pyrrole nitrogens is 2. The zero-order chi connectivity index (χ0) is 17.6. The van der Waals surface area contributed by atoms with Gasteiger partial charge in [0.2, 0.25) is 0 Å². The third-order valence-electron chi connectivity index (χ3n) is 3.35. The molecule has 0 saturated carbocycles. The Morgan fingerprint density at radius 1 is 0.760 bits per heavy atom. The van der Waals surface area contributed by atoms with E-state index in [4.69, 9.17) is 30.1 Å². The summed E-state index contributed by atoms with van der Waals surface area (Å²) < 4.78 is 0. The molecule has 0 saturated heterocycles. The quantitative estimate of drug-likeness (QED) is 0.403. The van der Waals surface area contributed by atoms with Crippen LogP contribution in [-0.2, 0) is 22.9 Å². The van der Waals surface area contributed by atoms with Crippen LogP contribution in [0.25, 0.3) is 22.1 Å². The minimum atomic E-state index is -1.62. The van der Waals surface area contributed by atoms with E-state index in [2.05, 4.69) is 32.1 Å². The molecule has 9 heteroatoms. The van der Waals surface area contributed by atoms with Gasteiger partial charge in [0.15, 0.2) is 0 Å². The first-order valence-corrected chi connectivity index (χ1v) is 13.7. The fraction of sp³-hybridized carbons (Fsp3) is 0.125.